The Morgan fingerprint density at radius 3 is 2.28 bits per heavy atom. The van der Waals surface area contributed by atoms with Crippen LogP contribution >= 0.6 is 0 Å². The van der Waals surface area contributed by atoms with Crippen LogP contribution < -0.4 is 10.6 Å². The second kappa shape index (κ2) is 8.34. The van der Waals surface area contributed by atoms with Crippen LogP contribution in [-0.4, -0.2) is 52.9 Å². The maximum atomic E-state index is 13.0. The van der Waals surface area contributed by atoms with Gasteiger partial charge in [-0.25, -0.2) is 9.78 Å². The number of pyridine rings is 1. The lowest BCUT2D eigenvalue weighted by Crippen LogP contribution is -2.49. The van der Waals surface area contributed by atoms with Crippen molar-refractivity contribution in [1.29, 1.82) is 0 Å². The Morgan fingerprint density at radius 2 is 1.59 bits per heavy atom. The molecule has 1 aromatic heterocycles. The first-order valence-electron chi connectivity index (χ1n) is 10.8. The summed E-state index contributed by atoms with van der Waals surface area (Å²) in [5.41, 5.74) is 10.5. The standard InChI is InChI=1S/C25H25N5O2/c26-25(32)30-16-20-4-3-5-21(22(20)17-30)18-7-9-19(10-8-18)24(31)29-14-12-28(13-15-29)23-6-1-2-11-27-23/h1-11H,12-17H2,(H2,26,32). The Bertz CT molecular complexity index is 1140. The van der Waals surface area contributed by atoms with Crippen molar-refractivity contribution in [3.8, 4) is 11.1 Å². The van der Waals surface area contributed by atoms with E-state index in [9.17, 15) is 9.59 Å². The highest BCUT2D eigenvalue weighted by molar-refractivity contribution is 5.95. The van der Waals surface area contributed by atoms with Crippen molar-refractivity contribution in [2.24, 2.45) is 5.73 Å². The van der Waals surface area contributed by atoms with Gasteiger partial charge >= 0.3 is 6.03 Å². The largest absolute Gasteiger partial charge is 0.353 e. The summed E-state index contributed by atoms with van der Waals surface area (Å²) in [4.78, 5) is 34.8. The van der Waals surface area contributed by atoms with E-state index in [2.05, 4.69) is 16.0 Å². The Labute approximate surface area is 187 Å². The number of nitrogens with zero attached hydrogens (tertiary/aromatic N) is 4. The monoisotopic (exact) mass is 427 g/mol. The van der Waals surface area contributed by atoms with Gasteiger partial charge in [-0.3, -0.25) is 4.79 Å². The van der Waals surface area contributed by atoms with Gasteiger partial charge in [-0.15, -0.1) is 0 Å². The van der Waals surface area contributed by atoms with Crippen LogP contribution in [-0.2, 0) is 13.1 Å². The van der Waals surface area contributed by atoms with Gasteiger partial charge in [0.1, 0.15) is 5.82 Å². The number of hydrogen-bond acceptors (Lipinski definition) is 4. The maximum absolute atomic E-state index is 13.0. The minimum absolute atomic E-state index is 0.0513. The lowest BCUT2D eigenvalue weighted by atomic mass is 9.96. The van der Waals surface area contributed by atoms with Crippen molar-refractivity contribution in [1.82, 2.24) is 14.8 Å². The van der Waals surface area contributed by atoms with Crippen molar-refractivity contribution in [2.75, 3.05) is 31.1 Å². The average Bonchev–Trinajstić information content (AvgIpc) is 3.29. The molecule has 0 atom stereocenters. The molecule has 2 aliphatic heterocycles. The van der Waals surface area contributed by atoms with Crippen LogP contribution in [0.3, 0.4) is 0 Å². The predicted octanol–water partition coefficient (Wildman–Crippen LogP) is 3.11. The molecule has 0 spiro atoms. The summed E-state index contributed by atoms with van der Waals surface area (Å²) in [7, 11) is 0. The van der Waals surface area contributed by atoms with Crippen LogP contribution in [0, 0.1) is 0 Å². The highest BCUT2D eigenvalue weighted by Gasteiger charge is 2.25. The first kappa shape index (κ1) is 20.1. The van der Waals surface area contributed by atoms with Crippen LogP contribution in [0.2, 0.25) is 0 Å². The molecular weight excluding hydrogens is 402 g/mol. The van der Waals surface area contributed by atoms with Crippen molar-refractivity contribution in [3.63, 3.8) is 0 Å². The summed E-state index contributed by atoms with van der Waals surface area (Å²) in [5.74, 6) is 1.00. The summed E-state index contributed by atoms with van der Waals surface area (Å²) in [5, 5.41) is 0. The molecule has 0 saturated carbocycles. The number of anilines is 1. The molecule has 2 aliphatic rings. The molecule has 7 nitrogen and oxygen atoms in total. The van der Waals surface area contributed by atoms with Crippen molar-refractivity contribution in [3.05, 3.63) is 83.6 Å². The molecule has 162 valence electrons. The summed E-state index contributed by atoms with van der Waals surface area (Å²) >= 11 is 0. The zero-order valence-electron chi connectivity index (χ0n) is 17.8. The molecule has 0 unspecified atom stereocenters. The minimum Gasteiger partial charge on any atom is -0.353 e. The highest BCUT2D eigenvalue weighted by Crippen LogP contribution is 2.32. The second-order valence-corrected chi connectivity index (χ2v) is 8.18. The van der Waals surface area contributed by atoms with Gasteiger partial charge in [-0.05, 0) is 46.5 Å². The number of aromatic nitrogens is 1. The molecule has 7 heteroatoms. The van der Waals surface area contributed by atoms with E-state index in [0.29, 0.717) is 31.7 Å². The molecule has 3 heterocycles. The fourth-order valence-corrected chi connectivity index (χ4v) is 4.50. The Kier molecular flexibility index (Phi) is 5.23. The fourth-order valence-electron chi connectivity index (χ4n) is 4.50. The van der Waals surface area contributed by atoms with Gasteiger partial charge in [-0.2, -0.15) is 0 Å². The second-order valence-electron chi connectivity index (χ2n) is 8.18. The summed E-state index contributed by atoms with van der Waals surface area (Å²) in [6.45, 7) is 3.95. The molecular formula is C25H25N5O2. The molecule has 2 aromatic carbocycles. The third-order valence-corrected chi connectivity index (χ3v) is 6.28. The first-order chi connectivity index (χ1) is 15.6. The molecule has 0 bridgehead atoms. The number of amides is 3. The quantitative estimate of drug-likeness (QED) is 0.696. The number of hydrogen-bond donors (Lipinski definition) is 1. The number of carbonyl (C=O) groups is 2. The number of primary amides is 1. The smallest absolute Gasteiger partial charge is 0.315 e. The van der Waals surface area contributed by atoms with Gasteiger partial charge in [-0.1, -0.05) is 36.4 Å². The zero-order valence-corrected chi connectivity index (χ0v) is 17.8. The van der Waals surface area contributed by atoms with Gasteiger partial charge in [0.05, 0.1) is 0 Å². The lowest BCUT2D eigenvalue weighted by Gasteiger charge is -2.35. The third-order valence-electron chi connectivity index (χ3n) is 6.28. The normalized spacial score (nSPS) is 15.6. The number of urea groups is 1. The minimum atomic E-state index is -0.406. The van der Waals surface area contributed by atoms with E-state index in [1.807, 2.05) is 59.5 Å². The van der Waals surface area contributed by atoms with Crippen LogP contribution in [0.25, 0.3) is 11.1 Å². The number of fused-ring (bicyclic) bond motifs is 1. The predicted molar refractivity (Wildman–Crippen MR) is 123 cm³/mol. The Hall–Kier alpha value is -3.87. The van der Waals surface area contributed by atoms with Gasteiger partial charge in [0.15, 0.2) is 0 Å². The molecule has 32 heavy (non-hydrogen) atoms. The topological polar surface area (TPSA) is 82.8 Å². The van der Waals surface area contributed by atoms with E-state index in [1.165, 1.54) is 0 Å². The number of carbonyl (C=O) groups excluding carboxylic acids is 2. The molecule has 1 fully saturated rings. The number of rotatable bonds is 3. The fraction of sp³-hybridized carbons (Fsp3) is 0.240. The molecule has 3 aromatic rings. The van der Waals surface area contributed by atoms with E-state index < -0.39 is 6.03 Å². The average molecular weight is 428 g/mol. The summed E-state index contributed by atoms with van der Waals surface area (Å²) in [6.07, 6.45) is 1.79. The van der Waals surface area contributed by atoms with Crippen LogP contribution in [0.4, 0.5) is 10.6 Å². The van der Waals surface area contributed by atoms with Gasteiger partial charge < -0.3 is 20.4 Å². The molecule has 5 rings (SSSR count). The maximum Gasteiger partial charge on any atom is 0.315 e. The van der Waals surface area contributed by atoms with E-state index in [-0.39, 0.29) is 5.91 Å². The first-order valence-corrected chi connectivity index (χ1v) is 10.8. The van der Waals surface area contributed by atoms with E-state index in [0.717, 1.165) is 41.2 Å². The SMILES string of the molecule is NC(=O)N1Cc2cccc(-c3ccc(C(=O)N4CCN(c5ccccn5)CC4)cc3)c2C1. The van der Waals surface area contributed by atoms with Crippen LogP contribution in [0.15, 0.2) is 66.9 Å². The number of benzene rings is 2. The summed E-state index contributed by atoms with van der Waals surface area (Å²) < 4.78 is 0. The van der Waals surface area contributed by atoms with E-state index >= 15 is 0 Å². The molecule has 1 saturated heterocycles. The number of nitrogens with two attached hydrogens (primary N) is 1. The highest BCUT2D eigenvalue weighted by atomic mass is 16.2. The van der Waals surface area contributed by atoms with Crippen LogP contribution in [0.1, 0.15) is 21.5 Å². The molecule has 3 amide bonds. The summed E-state index contributed by atoms with van der Waals surface area (Å²) in [6, 6.07) is 19.3. The Morgan fingerprint density at radius 1 is 0.812 bits per heavy atom. The van der Waals surface area contributed by atoms with Crippen LogP contribution in [0.5, 0.6) is 0 Å². The molecule has 0 aliphatic carbocycles. The van der Waals surface area contributed by atoms with Crippen molar-refractivity contribution < 1.29 is 9.59 Å². The van der Waals surface area contributed by atoms with Gasteiger partial charge in [0, 0.05) is 51.0 Å². The van der Waals surface area contributed by atoms with E-state index in [1.54, 1.807) is 11.1 Å². The van der Waals surface area contributed by atoms with Gasteiger partial charge in [0.2, 0.25) is 0 Å². The lowest BCUT2D eigenvalue weighted by molar-refractivity contribution is 0.0746. The number of piperazine rings is 1. The molecule has 2 N–H and O–H groups in total. The van der Waals surface area contributed by atoms with Crippen molar-refractivity contribution in [2.45, 2.75) is 13.1 Å². The van der Waals surface area contributed by atoms with Crippen molar-refractivity contribution >= 4 is 17.8 Å². The Balaban J connectivity index is 1.28. The zero-order chi connectivity index (χ0) is 22.1. The van der Waals surface area contributed by atoms with Gasteiger partial charge in [0.25, 0.3) is 5.91 Å². The molecule has 0 radical (unpaired) electrons. The third kappa shape index (κ3) is 3.77. The van der Waals surface area contributed by atoms with E-state index in [4.69, 9.17) is 5.73 Å².